The van der Waals surface area contributed by atoms with E-state index < -0.39 is 0 Å². The third kappa shape index (κ3) is 2.76. The Balaban J connectivity index is 1.90. The van der Waals surface area contributed by atoms with Gasteiger partial charge in [0.05, 0.1) is 6.10 Å². The second-order valence-electron chi connectivity index (χ2n) is 5.90. The fourth-order valence-electron chi connectivity index (χ4n) is 3.32. The summed E-state index contributed by atoms with van der Waals surface area (Å²) in [6.45, 7) is 4.17. The van der Waals surface area contributed by atoms with Crippen LogP contribution < -0.4 is 0 Å². The third-order valence-corrected chi connectivity index (χ3v) is 4.67. The Morgan fingerprint density at radius 2 is 2.05 bits per heavy atom. The molecule has 0 aliphatic carbocycles. The van der Waals surface area contributed by atoms with Crippen molar-refractivity contribution in [3.05, 3.63) is 42.0 Å². The van der Waals surface area contributed by atoms with Crippen LogP contribution in [0.25, 0.3) is 10.8 Å². The molecule has 21 heavy (non-hydrogen) atoms. The largest absolute Gasteiger partial charge is 0.507 e. The highest BCUT2D eigenvalue weighted by atomic mass is 16.5. The van der Waals surface area contributed by atoms with Gasteiger partial charge in [0.15, 0.2) is 0 Å². The topological polar surface area (TPSA) is 32.7 Å². The van der Waals surface area contributed by atoms with Crippen LogP contribution in [0.5, 0.6) is 5.75 Å². The number of methoxy groups -OCH3 is 1. The van der Waals surface area contributed by atoms with Gasteiger partial charge in [0, 0.05) is 30.6 Å². The van der Waals surface area contributed by atoms with Crippen LogP contribution in [-0.2, 0) is 4.74 Å². The first-order valence-electron chi connectivity index (χ1n) is 7.68. The van der Waals surface area contributed by atoms with Gasteiger partial charge in [-0.1, -0.05) is 36.4 Å². The first-order valence-corrected chi connectivity index (χ1v) is 7.68. The lowest BCUT2D eigenvalue weighted by Crippen LogP contribution is -2.40. The van der Waals surface area contributed by atoms with Gasteiger partial charge < -0.3 is 9.84 Å². The fraction of sp³-hybridized carbons (Fsp3) is 0.444. The summed E-state index contributed by atoms with van der Waals surface area (Å²) in [6.07, 6.45) is 2.59. The zero-order valence-electron chi connectivity index (χ0n) is 12.7. The van der Waals surface area contributed by atoms with E-state index in [-0.39, 0.29) is 6.04 Å². The van der Waals surface area contributed by atoms with Crippen molar-refractivity contribution >= 4 is 10.8 Å². The summed E-state index contributed by atoms with van der Waals surface area (Å²) in [5.41, 5.74) is 1.01. The van der Waals surface area contributed by atoms with E-state index in [4.69, 9.17) is 4.74 Å². The molecule has 3 heteroatoms. The molecular formula is C18H23NO2. The maximum atomic E-state index is 10.6. The van der Waals surface area contributed by atoms with Crippen molar-refractivity contribution in [2.24, 2.45) is 0 Å². The molecule has 0 amide bonds. The number of ether oxygens (including phenoxy) is 1. The number of nitrogens with zero attached hydrogens (tertiary/aromatic N) is 1. The highest BCUT2D eigenvalue weighted by Gasteiger charge is 2.25. The maximum absolute atomic E-state index is 10.6. The van der Waals surface area contributed by atoms with Gasteiger partial charge in [0.25, 0.3) is 0 Å². The van der Waals surface area contributed by atoms with E-state index in [1.54, 1.807) is 7.11 Å². The van der Waals surface area contributed by atoms with Crippen molar-refractivity contribution in [1.82, 2.24) is 4.90 Å². The molecule has 0 saturated carbocycles. The van der Waals surface area contributed by atoms with Crippen LogP contribution in [0.4, 0.5) is 0 Å². The first kappa shape index (κ1) is 14.4. The molecule has 0 bridgehead atoms. The van der Waals surface area contributed by atoms with Crippen LogP contribution in [0.2, 0.25) is 0 Å². The van der Waals surface area contributed by atoms with E-state index in [1.807, 2.05) is 24.3 Å². The molecule has 1 heterocycles. The Morgan fingerprint density at radius 1 is 1.24 bits per heavy atom. The van der Waals surface area contributed by atoms with Gasteiger partial charge in [-0.2, -0.15) is 0 Å². The lowest BCUT2D eigenvalue weighted by atomic mass is 9.98. The molecule has 112 valence electrons. The minimum Gasteiger partial charge on any atom is -0.507 e. The van der Waals surface area contributed by atoms with Crippen molar-refractivity contribution in [2.75, 3.05) is 20.2 Å². The van der Waals surface area contributed by atoms with Crippen LogP contribution in [0, 0.1) is 0 Å². The minimum atomic E-state index is 0.201. The number of phenolic OH excluding ortho intramolecular Hbond substituents is 1. The van der Waals surface area contributed by atoms with E-state index in [2.05, 4.69) is 24.0 Å². The van der Waals surface area contributed by atoms with Gasteiger partial charge in [0.1, 0.15) is 5.75 Å². The number of phenols is 1. The second kappa shape index (κ2) is 6.04. The van der Waals surface area contributed by atoms with Gasteiger partial charge >= 0.3 is 0 Å². The molecular weight excluding hydrogens is 262 g/mol. The quantitative estimate of drug-likeness (QED) is 0.933. The monoisotopic (exact) mass is 285 g/mol. The highest BCUT2D eigenvalue weighted by molar-refractivity contribution is 5.89. The molecule has 2 aromatic carbocycles. The summed E-state index contributed by atoms with van der Waals surface area (Å²) in [5.74, 6) is 0.417. The average molecular weight is 285 g/mol. The lowest BCUT2D eigenvalue weighted by Gasteiger charge is -2.36. The predicted molar refractivity (Wildman–Crippen MR) is 85.6 cm³/mol. The van der Waals surface area contributed by atoms with Crippen LogP contribution in [0.15, 0.2) is 36.4 Å². The molecule has 0 radical (unpaired) electrons. The van der Waals surface area contributed by atoms with E-state index in [9.17, 15) is 5.11 Å². The number of fused-ring (bicyclic) bond motifs is 1. The Bertz CT molecular complexity index is 626. The number of likely N-dealkylation sites (tertiary alicyclic amines) is 1. The Labute approximate surface area is 126 Å². The van der Waals surface area contributed by atoms with Crippen molar-refractivity contribution in [3.63, 3.8) is 0 Å². The number of benzene rings is 2. The molecule has 2 atom stereocenters. The molecule has 3 nitrogen and oxygen atoms in total. The fourth-order valence-corrected chi connectivity index (χ4v) is 3.32. The number of hydrogen-bond donors (Lipinski definition) is 1. The summed E-state index contributed by atoms with van der Waals surface area (Å²) in [4.78, 5) is 2.40. The van der Waals surface area contributed by atoms with Crippen molar-refractivity contribution in [1.29, 1.82) is 0 Å². The smallest absolute Gasteiger partial charge is 0.128 e. The number of hydrogen-bond acceptors (Lipinski definition) is 3. The molecule has 0 aromatic heterocycles. The van der Waals surface area contributed by atoms with E-state index in [1.165, 1.54) is 0 Å². The summed E-state index contributed by atoms with van der Waals surface area (Å²) in [6, 6.07) is 12.3. The predicted octanol–water partition coefficient (Wildman–Crippen LogP) is 3.72. The van der Waals surface area contributed by atoms with Crippen molar-refractivity contribution in [2.45, 2.75) is 31.9 Å². The number of rotatable bonds is 3. The molecule has 1 aliphatic rings. The van der Waals surface area contributed by atoms with Gasteiger partial charge in [0.2, 0.25) is 0 Å². The zero-order chi connectivity index (χ0) is 14.8. The third-order valence-electron chi connectivity index (χ3n) is 4.67. The SMILES string of the molecule is COC1CCCN(C(C)c2ccc3ccccc3c2O)C1. The Morgan fingerprint density at radius 3 is 2.86 bits per heavy atom. The summed E-state index contributed by atoms with van der Waals surface area (Å²) in [5, 5.41) is 12.6. The molecule has 0 spiro atoms. The van der Waals surface area contributed by atoms with Crippen LogP contribution in [0.1, 0.15) is 31.4 Å². The Kier molecular flexibility index (Phi) is 4.13. The summed E-state index contributed by atoms with van der Waals surface area (Å²) >= 11 is 0. The van der Waals surface area contributed by atoms with Crippen LogP contribution >= 0.6 is 0 Å². The standard InChI is InChI=1S/C18H23NO2/c1-13(19-11-5-7-15(12-19)21-2)16-10-9-14-6-3-4-8-17(14)18(16)20/h3-4,6,8-10,13,15,20H,5,7,11-12H2,1-2H3. The molecule has 3 rings (SSSR count). The van der Waals surface area contributed by atoms with Crippen LogP contribution in [0.3, 0.4) is 0 Å². The molecule has 1 aliphatic heterocycles. The molecule has 1 fully saturated rings. The molecule has 2 unspecified atom stereocenters. The minimum absolute atomic E-state index is 0.201. The number of piperidine rings is 1. The van der Waals surface area contributed by atoms with Gasteiger partial charge in [-0.3, -0.25) is 4.90 Å². The van der Waals surface area contributed by atoms with E-state index in [0.29, 0.717) is 11.9 Å². The Hall–Kier alpha value is -1.58. The second-order valence-corrected chi connectivity index (χ2v) is 5.90. The van der Waals surface area contributed by atoms with Gasteiger partial charge in [-0.15, -0.1) is 0 Å². The highest BCUT2D eigenvalue weighted by Crippen LogP contribution is 2.35. The van der Waals surface area contributed by atoms with E-state index >= 15 is 0 Å². The summed E-state index contributed by atoms with van der Waals surface area (Å²) < 4.78 is 5.50. The number of aromatic hydroxyl groups is 1. The van der Waals surface area contributed by atoms with Gasteiger partial charge in [-0.05, 0) is 31.7 Å². The summed E-state index contributed by atoms with van der Waals surface area (Å²) in [7, 11) is 1.78. The normalized spacial score (nSPS) is 21.5. The molecule has 1 saturated heterocycles. The maximum Gasteiger partial charge on any atom is 0.128 e. The average Bonchev–Trinajstić information content (AvgIpc) is 2.55. The lowest BCUT2D eigenvalue weighted by molar-refractivity contribution is 0.0168. The van der Waals surface area contributed by atoms with Crippen molar-refractivity contribution in [3.8, 4) is 5.75 Å². The van der Waals surface area contributed by atoms with Gasteiger partial charge in [-0.25, -0.2) is 0 Å². The molecule has 2 aromatic rings. The van der Waals surface area contributed by atoms with E-state index in [0.717, 1.165) is 42.3 Å². The zero-order valence-corrected chi connectivity index (χ0v) is 12.7. The van der Waals surface area contributed by atoms with Crippen LogP contribution in [-0.4, -0.2) is 36.3 Å². The first-order chi connectivity index (χ1) is 10.2. The molecule has 1 N–H and O–H groups in total. The van der Waals surface area contributed by atoms with Crippen molar-refractivity contribution < 1.29 is 9.84 Å².